The van der Waals surface area contributed by atoms with Crippen LogP contribution in [-0.2, 0) is 37.2 Å². The van der Waals surface area contributed by atoms with Gasteiger partial charge >= 0.3 is 5.97 Å². The smallest absolute Gasteiger partial charge is 0.328 e. The fourth-order valence-electron chi connectivity index (χ4n) is 5.01. The van der Waals surface area contributed by atoms with Gasteiger partial charge in [0.25, 0.3) is 0 Å². The molecule has 4 rings (SSSR count). The highest BCUT2D eigenvalue weighted by molar-refractivity contribution is 7.89. The van der Waals surface area contributed by atoms with Gasteiger partial charge in [-0.25, -0.2) is 13.2 Å². The van der Waals surface area contributed by atoms with E-state index in [1.807, 2.05) is 12.1 Å². The molecular formula is C22H30N2O5S. The number of hydrogen-bond donors (Lipinski definition) is 0. The molecule has 30 heavy (non-hydrogen) atoms. The first-order chi connectivity index (χ1) is 14.4. The molecule has 1 aromatic carbocycles. The first kappa shape index (κ1) is 21.3. The quantitative estimate of drug-likeness (QED) is 0.678. The third kappa shape index (κ3) is 3.99. The molecule has 0 aromatic heterocycles. The summed E-state index contributed by atoms with van der Waals surface area (Å²) in [6.45, 7) is 1.21. The van der Waals surface area contributed by atoms with Crippen LogP contribution in [0.5, 0.6) is 0 Å². The molecule has 164 valence electrons. The van der Waals surface area contributed by atoms with Gasteiger partial charge in [-0.2, -0.15) is 4.31 Å². The maximum atomic E-state index is 13.2. The summed E-state index contributed by atoms with van der Waals surface area (Å²) in [5.74, 6) is -0.660. The Labute approximate surface area is 178 Å². The number of fused-ring (bicyclic) bond motifs is 1. The maximum absolute atomic E-state index is 13.2. The number of nitrogens with zero attached hydrogens (tertiary/aromatic N) is 2. The Kier molecular flexibility index (Phi) is 6.16. The van der Waals surface area contributed by atoms with Gasteiger partial charge in [-0.1, -0.05) is 6.07 Å². The van der Waals surface area contributed by atoms with Crippen LogP contribution in [0.25, 0.3) is 0 Å². The second kappa shape index (κ2) is 8.67. The van der Waals surface area contributed by atoms with E-state index in [-0.39, 0.29) is 17.8 Å². The van der Waals surface area contributed by atoms with Crippen molar-refractivity contribution >= 4 is 21.9 Å². The minimum atomic E-state index is -3.56. The number of esters is 1. The molecule has 1 aromatic rings. The number of amides is 1. The van der Waals surface area contributed by atoms with Crippen molar-refractivity contribution in [3.05, 3.63) is 29.3 Å². The highest BCUT2D eigenvalue weighted by atomic mass is 32.2. The Bertz CT molecular complexity index is 921. The molecule has 0 spiro atoms. The van der Waals surface area contributed by atoms with E-state index < -0.39 is 16.1 Å². The number of rotatable bonds is 4. The molecule has 2 heterocycles. The van der Waals surface area contributed by atoms with Crippen molar-refractivity contribution in [3.8, 4) is 0 Å². The predicted molar refractivity (Wildman–Crippen MR) is 111 cm³/mol. The Balaban J connectivity index is 1.41. The summed E-state index contributed by atoms with van der Waals surface area (Å²) in [4.78, 5) is 26.9. The molecule has 0 saturated carbocycles. The third-order valence-corrected chi connectivity index (χ3v) is 8.66. The Morgan fingerprint density at radius 2 is 1.67 bits per heavy atom. The topological polar surface area (TPSA) is 84.0 Å². The second-order valence-corrected chi connectivity index (χ2v) is 10.5. The second-order valence-electron chi connectivity index (χ2n) is 8.53. The summed E-state index contributed by atoms with van der Waals surface area (Å²) in [5, 5.41) is 0. The van der Waals surface area contributed by atoms with Crippen LogP contribution in [-0.4, -0.2) is 62.3 Å². The van der Waals surface area contributed by atoms with Gasteiger partial charge in [0, 0.05) is 25.6 Å². The predicted octanol–water partition coefficient (Wildman–Crippen LogP) is 2.13. The van der Waals surface area contributed by atoms with E-state index in [0.29, 0.717) is 43.8 Å². The average Bonchev–Trinajstić information content (AvgIpc) is 3.27. The number of piperidine rings is 1. The van der Waals surface area contributed by atoms with Gasteiger partial charge in [-0.15, -0.1) is 0 Å². The van der Waals surface area contributed by atoms with Gasteiger partial charge in [-0.3, -0.25) is 4.79 Å². The van der Waals surface area contributed by atoms with Gasteiger partial charge in [0.2, 0.25) is 15.9 Å². The molecule has 2 fully saturated rings. The molecular weight excluding hydrogens is 404 g/mol. The summed E-state index contributed by atoms with van der Waals surface area (Å²) in [5.41, 5.74) is 2.41. The van der Waals surface area contributed by atoms with Crippen LogP contribution in [0, 0.1) is 5.92 Å². The molecule has 1 atom stereocenters. The van der Waals surface area contributed by atoms with Crippen LogP contribution in [0.2, 0.25) is 0 Å². The van der Waals surface area contributed by atoms with E-state index in [4.69, 9.17) is 4.74 Å². The zero-order chi connectivity index (χ0) is 21.3. The highest BCUT2D eigenvalue weighted by Gasteiger charge is 2.40. The van der Waals surface area contributed by atoms with E-state index in [0.717, 1.165) is 37.7 Å². The van der Waals surface area contributed by atoms with Crippen molar-refractivity contribution in [2.45, 2.75) is 62.3 Å². The molecule has 8 heteroatoms. The van der Waals surface area contributed by atoms with Crippen molar-refractivity contribution < 1.29 is 22.7 Å². The minimum absolute atomic E-state index is 0.0475. The number of sulfonamides is 1. The monoisotopic (exact) mass is 434 g/mol. The molecule has 1 aliphatic carbocycles. The van der Waals surface area contributed by atoms with Gasteiger partial charge in [0.15, 0.2) is 0 Å². The van der Waals surface area contributed by atoms with Crippen molar-refractivity contribution in [2.75, 3.05) is 26.7 Å². The van der Waals surface area contributed by atoms with Crippen LogP contribution < -0.4 is 0 Å². The van der Waals surface area contributed by atoms with Gasteiger partial charge in [0.05, 0.1) is 12.0 Å². The lowest BCUT2D eigenvalue weighted by Gasteiger charge is -2.34. The van der Waals surface area contributed by atoms with Gasteiger partial charge in [0.1, 0.15) is 6.04 Å². The SMILES string of the molecule is COC(=O)C1CCCN1C(=O)C1CCN(S(=O)(=O)c2ccc3c(c2)CCCC3)CC1. The molecule has 0 bridgehead atoms. The number of aryl methyl sites for hydroxylation is 2. The number of methoxy groups -OCH3 is 1. The number of carbonyl (C=O) groups is 2. The average molecular weight is 435 g/mol. The minimum Gasteiger partial charge on any atom is -0.467 e. The normalized spacial score (nSPS) is 23.2. The Morgan fingerprint density at radius 3 is 2.37 bits per heavy atom. The van der Waals surface area contributed by atoms with E-state index in [9.17, 15) is 18.0 Å². The van der Waals surface area contributed by atoms with E-state index >= 15 is 0 Å². The molecule has 0 radical (unpaired) electrons. The van der Waals surface area contributed by atoms with Crippen molar-refractivity contribution in [1.82, 2.24) is 9.21 Å². The fraction of sp³-hybridized carbons (Fsp3) is 0.636. The number of likely N-dealkylation sites (tertiary alicyclic amines) is 1. The molecule has 1 amide bonds. The zero-order valence-electron chi connectivity index (χ0n) is 17.5. The summed E-state index contributed by atoms with van der Waals surface area (Å²) in [6.07, 6.45) is 6.60. The van der Waals surface area contributed by atoms with E-state index in [2.05, 4.69) is 0 Å². The first-order valence-electron chi connectivity index (χ1n) is 10.9. The summed E-state index contributed by atoms with van der Waals surface area (Å²) >= 11 is 0. The van der Waals surface area contributed by atoms with Crippen LogP contribution in [0.15, 0.2) is 23.1 Å². The largest absolute Gasteiger partial charge is 0.467 e. The van der Waals surface area contributed by atoms with Crippen LogP contribution in [0.4, 0.5) is 0 Å². The highest BCUT2D eigenvalue weighted by Crippen LogP contribution is 2.30. The van der Waals surface area contributed by atoms with Crippen molar-refractivity contribution in [3.63, 3.8) is 0 Å². The molecule has 1 unspecified atom stereocenters. The number of benzene rings is 1. The molecule has 2 saturated heterocycles. The summed E-state index contributed by atoms with van der Waals surface area (Å²) < 4.78 is 32.6. The number of carbonyl (C=O) groups excluding carboxylic acids is 2. The molecule has 2 aliphatic heterocycles. The fourth-order valence-corrected chi connectivity index (χ4v) is 6.53. The molecule has 7 nitrogen and oxygen atoms in total. The van der Waals surface area contributed by atoms with Crippen LogP contribution in [0.1, 0.15) is 49.7 Å². The zero-order valence-corrected chi connectivity index (χ0v) is 18.3. The van der Waals surface area contributed by atoms with Crippen molar-refractivity contribution in [1.29, 1.82) is 0 Å². The van der Waals surface area contributed by atoms with Gasteiger partial charge < -0.3 is 9.64 Å². The Morgan fingerprint density at radius 1 is 0.967 bits per heavy atom. The number of hydrogen-bond acceptors (Lipinski definition) is 5. The Hall–Kier alpha value is -1.93. The van der Waals surface area contributed by atoms with Gasteiger partial charge in [-0.05, 0) is 74.6 Å². The standard InChI is InChI=1S/C22H30N2O5S/c1-29-22(26)20-7-4-12-24(20)21(25)17-10-13-23(14-11-17)30(27,28)19-9-8-16-5-2-3-6-18(16)15-19/h8-9,15,17,20H,2-7,10-14H2,1H3. The third-order valence-electron chi connectivity index (χ3n) is 6.77. The van der Waals surface area contributed by atoms with Crippen LogP contribution in [0.3, 0.4) is 0 Å². The van der Waals surface area contributed by atoms with E-state index in [1.165, 1.54) is 17.0 Å². The van der Waals surface area contributed by atoms with Crippen molar-refractivity contribution in [2.24, 2.45) is 5.92 Å². The lowest BCUT2D eigenvalue weighted by Crippen LogP contribution is -2.47. The lowest BCUT2D eigenvalue weighted by atomic mass is 9.92. The number of ether oxygens (including phenoxy) is 1. The summed E-state index contributed by atoms with van der Waals surface area (Å²) in [7, 11) is -2.22. The molecule has 3 aliphatic rings. The van der Waals surface area contributed by atoms with Crippen LogP contribution >= 0.6 is 0 Å². The summed E-state index contributed by atoms with van der Waals surface area (Å²) in [6, 6.07) is 5.02. The molecule has 0 N–H and O–H groups in total. The first-order valence-corrected chi connectivity index (χ1v) is 12.4. The maximum Gasteiger partial charge on any atom is 0.328 e. The van der Waals surface area contributed by atoms with E-state index in [1.54, 1.807) is 11.0 Å². The lowest BCUT2D eigenvalue weighted by molar-refractivity contribution is -0.152.